The van der Waals surface area contributed by atoms with Crippen molar-refractivity contribution in [3.05, 3.63) is 30.1 Å². The van der Waals surface area contributed by atoms with Crippen molar-refractivity contribution >= 4 is 27.3 Å². The van der Waals surface area contributed by atoms with E-state index in [2.05, 4.69) is 0 Å². The molecule has 0 aromatic heterocycles. The van der Waals surface area contributed by atoms with Gasteiger partial charge in [0, 0.05) is 12.4 Å². The van der Waals surface area contributed by atoms with Crippen LogP contribution in [0.3, 0.4) is 0 Å². The lowest BCUT2D eigenvalue weighted by molar-refractivity contribution is 0.578. The van der Waals surface area contributed by atoms with Gasteiger partial charge < -0.3 is 0 Å². The van der Waals surface area contributed by atoms with E-state index in [1.807, 2.05) is 0 Å². The Kier molecular flexibility index (Phi) is 5.41. The van der Waals surface area contributed by atoms with Gasteiger partial charge in [-0.3, -0.25) is 4.31 Å². The first kappa shape index (κ1) is 15.2. The molecule has 1 atom stereocenters. The number of hydrogen-bond acceptors (Lipinski definition) is 2. The van der Waals surface area contributed by atoms with Gasteiger partial charge in [0.15, 0.2) is 0 Å². The van der Waals surface area contributed by atoms with Crippen molar-refractivity contribution in [3.63, 3.8) is 0 Å². The van der Waals surface area contributed by atoms with Crippen LogP contribution in [0.1, 0.15) is 13.8 Å². The summed E-state index contributed by atoms with van der Waals surface area (Å²) in [5.41, 5.74) is 0.347. The first-order chi connectivity index (χ1) is 8.40. The monoisotopic (exact) mass is 293 g/mol. The molecule has 0 saturated heterocycles. The number of anilines is 1. The molecule has 0 heterocycles. The van der Waals surface area contributed by atoms with E-state index in [4.69, 9.17) is 11.6 Å². The predicted octanol–water partition coefficient (Wildman–Crippen LogP) is 2.86. The van der Waals surface area contributed by atoms with Gasteiger partial charge in [-0.05, 0) is 31.0 Å². The van der Waals surface area contributed by atoms with Gasteiger partial charge in [-0.1, -0.05) is 13.0 Å². The molecule has 3 nitrogen and oxygen atoms in total. The fourth-order valence-electron chi connectivity index (χ4n) is 1.67. The topological polar surface area (TPSA) is 37.4 Å². The third-order valence-electron chi connectivity index (χ3n) is 2.48. The van der Waals surface area contributed by atoms with Crippen molar-refractivity contribution in [2.24, 2.45) is 5.92 Å². The zero-order chi connectivity index (χ0) is 13.8. The Morgan fingerprint density at radius 3 is 2.61 bits per heavy atom. The standard InChI is InChI=1S/C12H17ClFNO2S/c1-3-15(12-6-4-5-11(14)7-12)18(16,17)9-10(2)8-13/h4-7,10H,3,8-9H2,1-2H3. The molecular weight excluding hydrogens is 277 g/mol. The average Bonchev–Trinajstić information content (AvgIpc) is 2.28. The molecule has 18 heavy (non-hydrogen) atoms. The highest BCUT2D eigenvalue weighted by Gasteiger charge is 2.23. The van der Waals surface area contributed by atoms with E-state index in [1.165, 1.54) is 22.5 Å². The van der Waals surface area contributed by atoms with Crippen LogP contribution in [0.2, 0.25) is 0 Å². The van der Waals surface area contributed by atoms with Gasteiger partial charge in [-0.25, -0.2) is 12.8 Å². The number of sulfonamides is 1. The Balaban J connectivity index is 3.03. The highest BCUT2D eigenvalue weighted by Crippen LogP contribution is 2.20. The zero-order valence-corrected chi connectivity index (χ0v) is 12.0. The van der Waals surface area contributed by atoms with Crippen molar-refractivity contribution in [3.8, 4) is 0 Å². The fraction of sp³-hybridized carbons (Fsp3) is 0.500. The molecule has 0 bridgehead atoms. The molecule has 1 aromatic rings. The molecule has 1 unspecified atom stereocenters. The van der Waals surface area contributed by atoms with E-state index in [9.17, 15) is 12.8 Å². The van der Waals surface area contributed by atoms with Gasteiger partial charge in [0.2, 0.25) is 10.0 Å². The highest BCUT2D eigenvalue weighted by molar-refractivity contribution is 7.92. The Labute approximate surface area is 113 Å². The lowest BCUT2D eigenvalue weighted by Gasteiger charge is -2.24. The lowest BCUT2D eigenvalue weighted by Crippen LogP contribution is -2.35. The molecule has 102 valence electrons. The third-order valence-corrected chi connectivity index (χ3v) is 5.14. The fourth-order valence-corrected chi connectivity index (χ4v) is 3.75. The van der Waals surface area contributed by atoms with Crippen molar-refractivity contribution in [2.75, 3.05) is 22.5 Å². The molecule has 0 aliphatic heterocycles. The second-order valence-electron chi connectivity index (χ2n) is 4.18. The van der Waals surface area contributed by atoms with Crippen LogP contribution in [0.5, 0.6) is 0 Å². The minimum Gasteiger partial charge on any atom is -0.270 e. The molecule has 0 saturated carbocycles. The van der Waals surface area contributed by atoms with Crippen molar-refractivity contribution < 1.29 is 12.8 Å². The summed E-state index contributed by atoms with van der Waals surface area (Å²) < 4.78 is 38.7. The molecule has 0 spiro atoms. The minimum absolute atomic E-state index is 0.0408. The second kappa shape index (κ2) is 6.38. The highest BCUT2D eigenvalue weighted by atomic mass is 35.5. The van der Waals surface area contributed by atoms with Crippen LogP contribution >= 0.6 is 11.6 Å². The average molecular weight is 294 g/mol. The Morgan fingerprint density at radius 2 is 2.11 bits per heavy atom. The zero-order valence-electron chi connectivity index (χ0n) is 10.4. The second-order valence-corrected chi connectivity index (χ2v) is 6.43. The predicted molar refractivity (Wildman–Crippen MR) is 73.1 cm³/mol. The summed E-state index contributed by atoms with van der Waals surface area (Å²) in [6, 6.07) is 5.57. The van der Waals surface area contributed by atoms with Crippen LogP contribution < -0.4 is 4.31 Å². The third kappa shape index (κ3) is 3.85. The Morgan fingerprint density at radius 1 is 1.44 bits per heavy atom. The first-order valence-corrected chi connectivity index (χ1v) is 7.87. The van der Waals surface area contributed by atoms with Crippen LogP contribution in [0.4, 0.5) is 10.1 Å². The van der Waals surface area contributed by atoms with E-state index in [1.54, 1.807) is 19.9 Å². The van der Waals surface area contributed by atoms with E-state index < -0.39 is 15.8 Å². The van der Waals surface area contributed by atoms with E-state index in [0.29, 0.717) is 5.69 Å². The summed E-state index contributed by atoms with van der Waals surface area (Å²) in [7, 11) is -3.47. The SMILES string of the molecule is CCN(c1cccc(F)c1)S(=O)(=O)CC(C)CCl. The van der Waals surface area contributed by atoms with Crippen LogP contribution in [-0.2, 0) is 10.0 Å². The van der Waals surface area contributed by atoms with Crippen molar-refractivity contribution in [1.29, 1.82) is 0 Å². The van der Waals surface area contributed by atoms with Gasteiger partial charge in [0.25, 0.3) is 0 Å². The normalized spacial score (nSPS) is 13.3. The quantitative estimate of drug-likeness (QED) is 0.756. The van der Waals surface area contributed by atoms with Crippen molar-refractivity contribution in [2.45, 2.75) is 13.8 Å². The number of hydrogen-bond donors (Lipinski definition) is 0. The maximum Gasteiger partial charge on any atom is 0.235 e. The molecule has 0 radical (unpaired) electrons. The van der Waals surface area contributed by atoms with Gasteiger partial charge >= 0.3 is 0 Å². The largest absolute Gasteiger partial charge is 0.270 e. The molecule has 0 fully saturated rings. The number of benzene rings is 1. The molecule has 0 aliphatic carbocycles. The number of rotatable bonds is 6. The number of alkyl halides is 1. The maximum absolute atomic E-state index is 13.1. The molecule has 6 heteroatoms. The lowest BCUT2D eigenvalue weighted by atomic mass is 10.3. The van der Waals surface area contributed by atoms with E-state index in [0.717, 1.165) is 0 Å². The molecular formula is C12H17ClFNO2S. The van der Waals surface area contributed by atoms with E-state index in [-0.39, 0.29) is 24.1 Å². The smallest absolute Gasteiger partial charge is 0.235 e. The summed E-state index contributed by atoms with van der Waals surface area (Å²) in [5.74, 6) is -0.355. The summed E-state index contributed by atoms with van der Waals surface area (Å²) in [6.07, 6.45) is 0. The number of nitrogens with zero attached hydrogens (tertiary/aromatic N) is 1. The van der Waals surface area contributed by atoms with Crippen LogP contribution in [-0.4, -0.2) is 26.6 Å². The minimum atomic E-state index is -3.47. The molecule has 1 aromatic carbocycles. The summed E-state index contributed by atoms with van der Waals surface area (Å²) >= 11 is 5.63. The summed E-state index contributed by atoms with van der Waals surface area (Å²) in [6.45, 7) is 3.75. The van der Waals surface area contributed by atoms with Gasteiger partial charge in [0.05, 0.1) is 11.4 Å². The van der Waals surface area contributed by atoms with E-state index >= 15 is 0 Å². The maximum atomic E-state index is 13.1. The summed E-state index contributed by atoms with van der Waals surface area (Å²) in [5, 5.41) is 0. The van der Waals surface area contributed by atoms with Crippen LogP contribution in [0.15, 0.2) is 24.3 Å². The van der Waals surface area contributed by atoms with Gasteiger partial charge in [-0.15, -0.1) is 11.6 Å². The molecule has 1 rings (SSSR count). The van der Waals surface area contributed by atoms with Crippen LogP contribution in [0, 0.1) is 11.7 Å². The Bertz CT molecular complexity index is 493. The van der Waals surface area contributed by atoms with Gasteiger partial charge in [-0.2, -0.15) is 0 Å². The first-order valence-electron chi connectivity index (χ1n) is 5.72. The number of halogens is 2. The summed E-state index contributed by atoms with van der Waals surface area (Å²) in [4.78, 5) is 0. The molecule has 0 N–H and O–H groups in total. The molecule has 0 amide bonds. The van der Waals surface area contributed by atoms with Crippen LogP contribution in [0.25, 0.3) is 0 Å². The Hall–Kier alpha value is -0.810. The molecule has 0 aliphatic rings. The van der Waals surface area contributed by atoms with Gasteiger partial charge in [0.1, 0.15) is 5.82 Å². The van der Waals surface area contributed by atoms with Crippen molar-refractivity contribution in [1.82, 2.24) is 0 Å².